The molecule has 4 rings (SSSR count). The van der Waals surface area contributed by atoms with Crippen LogP contribution in [-0.4, -0.2) is 40.1 Å². The first kappa shape index (κ1) is 17.0. The zero-order valence-electron chi connectivity index (χ0n) is 13.8. The number of ether oxygens (including phenoxy) is 1. The minimum atomic E-state index is 0.213. The van der Waals surface area contributed by atoms with E-state index < -0.39 is 0 Å². The van der Waals surface area contributed by atoms with E-state index in [9.17, 15) is 5.11 Å². The lowest BCUT2D eigenvalue weighted by atomic mass is 10.0. The lowest BCUT2D eigenvalue weighted by molar-refractivity contribution is 0.189. The number of rotatable bonds is 5. The molecule has 0 spiro atoms. The zero-order chi connectivity index (χ0) is 17.2. The van der Waals surface area contributed by atoms with Crippen molar-refractivity contribution in [1.82, 2.24) is 9.88 Å². The number of nitrogens with zero attached hydrogens (tertiary/aromatic N) is 2. The van der Waals surface area contributed by atoms with Crippen LogP contribution in [0.5, 0.6) is 11.5 Å². The van der Waals surface area contributed by atoms with Crippen LogP contribution in [0.1, 0.15) is 12.8 Å². The number of fused-ring (bicyclic) bond motifs is 1. The third-order valence-corrected chi connectivity index (χ3v) is 6.37. The van der Waals surface area contributed by atoms with Gasteiger partial charge in [0.15, 0.2) is 0 Å². The Balaban J connectivity index is 1.26. The van der Waals surface area contributed by atoms with Crippen molar-refractivity contribution in [3.05, 3.63) is 47.6 Å². The molecular formula is C19H21ClN2O2S. The molecule has 1 N–H and O–H groups in total. The van der Waals surface area contributed by atoms with Crippen LogP contribution < -0.4 is 4.74 Å². The summed E-state index contributed by atoms with van der Waals surface area (Å²) in [6.45, 7) is 2.25. The molecule has 2 fully saturated rings. The van der Waals surface area contributed by atoms with Gasteiger partial charge in [0.25, 0.3) is 0 Å². The Bertz CT molecular complexity index is 714. The third-order valence-electron chi connectivity index (χ3n) is 5.03. The van der Waals surface area contributed by atoms with Crippen LogP contribution in [0, 0.1) is 11.8 Å². The number of pyridine rings is 1. The molecule has 1 aliphatic carbocycles. The average molecular weight is 377 g/mol. The molecule has 1 unspecified atom stereocenters. The first-order chi connectivity index (χ1) is 12.2. The molecule has 0 bridgehead atoms. The molecule has 1 saturated carbocycles. The van der Waals surface area contributed by atoms with Gasteiger partial charge < -0.3 is 9.84 Å². The van der Waals surface area contributed by atoms with Gasteiger partial charge in [-0.25, -0.2) is 4.98 Å². The van der Waals surface area contributed by atoms with E-state index in [2.05, 4.69) is 9.88 Å². The van der Waals surface area contributed by atoms with Crippen molar-refractivity contribution < 1.29 is 9.84 Å². The zero-order valence-corrected chi connectivity index (χ0v) is 15.4. The van der Waals surface area contributed by atoms with Crippen molar-refractivity contribution in [3.8, 4) is 11.5 Å². The maximum absolute atomic E-state index is 9.29. The number of halogens is 1. The summed E-state index contributed by atoms with van der Waals surface area (Å²) in [4.78, 5) is 6.73. The lowest BCUT2D eigenvalue weighted by Gasteiger charge is -2.19. The Morgan fingerprint density at radius 3 is 2.60 bits per heavy atom. The molecule has 2 heterocycles. The van der Waals surface area contributed by atoms with Gasteiger partial charge in [0, 0.05) is 13.1 Å². The quantitative estimate of drug-likeness (QED) is 0.789. The number of thioether (sulfide) groups is 1. The van der Waals surface area contributed by atoms with Gasteiger partial charge in [-0.15, -0.1) is 0 Å². The summed E-state index contributed by atoms with van der Waals surface area (Å²) in [5, 5.41) is 10.9. The maximum atomic E-state index is 9.29. The first-order valence-corrected chi connectivity index (χ1v) is 9.95. The molecule has 0 radical (unpaired) electrons. The van der Waals surface area contributed by atoms with Gasteiger partial charge in [-0.05, 0) is 48.9 Å². The summed E-state index contributed by atoms with van der Waals surface area (Å²) in [5.41, 5.74) is 0. The second kappa shape index (κ2) is 7.44. The van der Waals surface area contributed by atoms with E-state index in [1.807, 2.05) is 30.3 Å². The van der Waals surface area contributed by atoms with Crippen LogP contribution in [0.3, 0.4) is 0 Å². The fourth-order valence-corrected chi connectivity index (χ4v) is 4.88. The normalized spacial score (nSPS) is 25.9. The van der Waals surface area contributed by atoms with Crippen LogP contribution in [0.2, 0.25) is 5.02 Å². The minimum Gasteiger partial charge on any atom is -0.506 e. The molecule has 1 aromatic carbocycles. The van der Waals surface area contributed by atoms with Crippen LogP contribution in [0.4, 0.5) is 0 Å². The Labute approximate surface area is 157 Å². The van der Waals surface area contributed by atoms with Crippen molar-refractivity contribution in [3.63, 3.8) is 0 Å². The molecule has 25 heavy (non-hydrogen) atoms. The van der Waals surface area contributed by atoms with Gasteiger partial charge >= 0.3 is 0 Å². The summed E-state index contributed by atoms with van der Waals surface area (Å²) < 4.78 is 6.13. The summed E-state index contributed by atoms with van der Waals surface area (Å²) in [6, 6.07) is 11.3. The number of para-hydroxylation sites is 1. The number of benzene rings is 1. The molecule has 1 aliphatic heterocycles. The lowest BCUT2D eigenvalue weighted by Crippen LogP contribution is -2.24. The van der Waals surface area contributed by atoms with Crippen LogP contribution in [-0.2, 0) is 0 Å². The van der Waals surface area contributed by atoms with Gasteiger partial charge in [0.05, 0.1) is 28.2 Å². The van der Waals surface area contributed by atoms with E-state index in [4.69, 9.17) is 16.3 Å². The second-order valence-corrected chi connectivity index (χ2v) is 8.20. The Morgan fingerprint density at radius 1 is 1.16 bits per heavy atom. The summed E-state index contributed by atoms with van der Waals surface area (Å²) in [7, 11) is 0. The highest BCUT2D eigenvalue weighted by atomic mass is 35.5. The van der Waals surface area contributed by atoms with Gasteiger partial charge in [0.2, 0.25) is 0 Å². The first-order valence-electron chi connectivity index (χ1n) is 8.59. The number of hydrogen-bond acceptors (Lipinski definition) is 5. The van der Waals surface area contributed by atoms with Gasteiger partial charge in [0.1, 0.15) is 11.5 Å². The van der Waals surface area contributed by atoms with Gasteiger partial charge in [-0.2, -0.15) is 0 Å². The molecule has 1 saturated heterocycles. The van der Waals surface area contributed by atoms with Crippen molar-refractivity contribution >= 4 is 23.4 Å². The summed E-state index contributed by atoms with van der Waals surface area (Å²) in [5.74, 6) is 3.38. The molecule has 132 valence electrons. The summed E-state index contributed by atoms with van der Waals surface area (Å²) >= 11 is 7.92. The predicted octanol–water partition coefficient (Wildman–Crippen LogP) is 4.28. The monoisotopic (exact) mass is 376 g/mol. The topological polar surface area (TPSA) is 45.6 Å². The van der Waals surface area contributed by atoms with Gasteiger partial charge in [-0.1, -0.05) is 35.5 Å². The SMILES string of the molecule is Oc1ccc(SCN2C[C@H]3CC(Oc4ccccc4Cl)C[C@H]3C2)nc1. The highest BCUT2D eigenvalue weighted by molar-refractivity contribution is 7.99. The second-order valence-electron chi connectivity index (χ2n) is 6.83. The average Bonchev–Trinajstić information content (AvgIpc) is 3.14. The number of likely N-dealkylation sites (tertiary alicyclic amines) is 1. The van der Waals surface area contributed by atoms with Gasteiger partial charge in [-0.3, -0.25) is 4.90 Å². The smallest absolute Gasteiger partial charge is 0.138 e. The summed E-state index contributed by atoms with van der Waals surface area (Å²) in [6.07, 6.45) is 3.99. The van der Waals surface area contributed by atoms with Crippen molar-refractivity contribution in [2.45, 2.75) is 24.0 Å². The molecule has 0 amide bonds. The molecular weight excluding hydrogens is 356 g/mol. The Kier molecular flexibility index (Phi) is 5.06. The van der Waals surface area contributed by atoms with E-state index in [1.165, 1.54) is 6.20 Å². The fourth-order valence-electron chi connectivity index (χ4n) is 3.88. The maximum Gasteiger partial charge on any atom is 0.138 e. The molecule has 2 aromatic rings. The number of aromatic hydroxyl groups is 1. The van der Waals surface area contributed by atoms with Crippen LogP contribution >= 0.6 is 23.4 Å². The number of aromatic nitrogens is 1. The molecule has 1 aromatic heterocycles. The molecule has 3 atom stereocenters. The molecule has 2 aliphatic rings. The van der Waals surface area contributed by atoms with Crippen molar-refractivity contribution in [2.24, 2.45) is 11.8 Å². The van der Waals surface area contributed by atoms with Crippen molar-refractivity contribution in [1.29, 1.82) is 0 Å². The largest absolute Gasteiger partial charge is 0.506 e. The molecule has 6 heteroatoms. The van der Waals surface area contributed by atoms with Crippen molar-refractivity contribution in [2.75, 3.05) is 19.0 Å². The van der Waals surface area contributed by atoms with E-state index in [1.54, 1.807) is 17.8 Å². The van der Waals surface area contributed by atoms with E-state index in [-0.39, 0.29) is 11.9 Å². The highest BCUT2D eigenvalue weighted by Crippen LogP contribution is 2.41. The van der Waals surface area contributed by atoms with E-state index >= 15 is 0 Å². The molecule has 4 nitrogen and oxygen atoms in total. The minimum absolute atomic E-state index is 0.213. The standard InChI is InChI=1S/C19H21ClN2O2S/c20-17-3-1-2-4-18(17)24-16-7-13-10-22(11-14(13)8-16)12-25-19-6-5-15(23)9-21-19/h1-6,9,13-14,16,23H,7-8,10-12H2/t13-,14+,16?. The fraction of sp³-hybridized carbons (Fsp3) is 0.421. The highest BCUT2D eigenvalue weighted by Gasteiger charge is 2.41. The number of hydrogen-bond donors (Lipinski definition) is 1. The van der Waals surface area contributed by atoms with Crippen LogP contribution in [0.15, 0.2) is 47.6 Å². The van der Waals surface area contributed by atoms with Crippen LogP contribution in [0.25, 0.3) is 0 Å². The van der Waals surface area contributed by atoms with E-state index in [0.717, 1.165) is 42.6 Å². The predicted molar refractivity (Wildman–Crippen MR) is 100 cm³/mol. The Morgan fingerprint density at radius 2 is 1.92 bits per heavy atom. The third kappa shape index (κ3) is 4.05. The van der Waals surface area contributed by atoms with E-state index in [0.29, 0.717) is 16.9 Å². The Hall–Kier alpha value is -1.43.